The summed E-state index contributed by atoms with van der Waals surface area (Å²) in [6, 6.07) is 9.37. The van der Waals surface area contributed by atoms with E-state index in [-0.39, 0.29) is 34.8 Å². The maximum Gasteiger partial charge on any atom is 0.294 e. The molecule has 25 heavy (non-hydrogen) atoms. The third-order valence-corrected chi connectivity index (χ3v) is 4.05. The Morgan fingerprint density at radius 3 is 2.20 bits per heavy atom. The minimum absolute atomic E-state index is 0.00550. The summed E-state index contributed by atoms with van der Waals surface area (Å²) < 4.78 is 5.00. The number of rotatable bonds is 3. The summed E-state index contributed by atoms with van der Waals surface area (Å²) in [7, 11) is 1.34. The molecule has 0 spiro atoms. The molecule has 2 aromatic carbocycles. The van der Waals surface area contributed by atoms with Crippen LogP contribution in [0.15, 0.2) is 41.3 Å². The van der Waals surface area contributed by atoms with Gasteiger partial charge in [-0.15, -0.1) is 12.6 Å². The minimum Gasteiger partial charge on any atom is -0.508 e. The molecule has 0 aromatic heterocycles. The van der Waals surface area contributed by atoms with Crippen LogP contribution in [0.1, 0.15) is 30.9 Å². The predicted molar refractivity (Wildman–Crippen MR) is 102 cm³/mol. The molecule has 0 unspecified atom stereocenters. The van der Waals surface area contributed by atoms with E-state index in [1.807, 2.05) is 13.8 Å². The van der Waals surface area contributed by atoms with Gasteiger partial charge in [-0.2, -0.15) is 0 Å². The van der Waals surface area contributed by atoms with Gasteiger partial charge in [-0.1, -0.05) is 13.8 Å². The largest absolute Gasteiger partial charge is 0.508 e. The Kier molecular flexibility index (Phi) is 5.58. The molecule has 0 fully saturated rings. The van der Waals surface area contributed by atoms with E-state index < -0.39 is 0 Å². The summed E-state index contributed by atoms with van der Waals surface area (Å²) >= 11 is 4.24. The zero-order valence-corrected chi connectivity index (χ0v) is 15.1. The van der Waals surface area contributed by atoms with Gasteiger partial charge in [0.1, 0.15) is 17.3 Å². The highest BCUT2D eigenvalue weighted by atomic mass is 32.1. The monoisotopic (exact) mass is 359 g/mol. The van der Waals surface area contributed by atoms with Crippen molar-refractivity contribution in [3.05, 3.63) is 47.5 Å². The lowest BCUT2D eigenvalue weighted by Crippen LogP contribution is -2.37. The number of nitrogens with one attached hydrogen (secondary N) is 2. The van der Waals surface area contributed by atoms with E-state index in [4.69, 9.17) is 15.6 Å². The van der Waals surface area contributed by atoms with Gasteiger partial charge in [-0.05, 0) is 41.8 Å². The van der Waals surface area contributed by atoms with Crippen LogP contribution in [0.4, 0.5) is 5.69 Å². The van der Waals surface area contributed by atoms with Crippen molar-refractivity contribution < 1.29 is 14.9 Å². The molecule has 4 N–H and O–H groups in total. The number of nitrogens with zero attached hydrogens (tertiary/aromatic N) is 1. The lowest BCUT2D eigenvalue weighted by Gasteiger charge is -2.25. The van der Waals surface area contributed by atoms with E-state index in [0.717, 1.165) is 4.90 Å². The number of thiol groups is 1. The maximum absolute atomic E-state index is 10.2. The number of phenolic OH excluding ortho intramolecular Hbond substituents is 2. The third kappa shape index (κ3) is 3.88. The molecule has 0 aliphatic heterocycles. The fraction of sp³-hybridized carbons (Fsp3) is 0.222. The topological polar surface area (TPSA) is 101 Å². The first kappa shape index (κ1) is 18.7. The number of ether oxygens (including phenoxy) is 1. The SMILES string of the molecule is COC(=N)N(C(=N)c1cc(C(C)C)c(O)cc1O)c1ccc(S)cc1. The van der Waals surface area contributed by atoms with Gasteiger partial charge in [0, 0.05) is 11.0 Å². The minimum atomic E-state index is -0.268. The molecular formula is C18H21N3O3S. The van der Waals surface area contributed by atoms with Crippen molar-refractivity contribution in [2.75, 3.05) is 12.0 Å². The number of aromatic hydroxyl groups is 2. The second kappa shape index (κ2) is 7.48. The molecule has 2 rings (SSSR count). The van der Waals surface area contributed by atoms with Crippen LogP contribution >= 0.6 is 12.6 Å². The zero-order chi connectivity index (χ0) is 18.7. The van der Waals surface area contributed by atoms with E-state index in [0.29, 0.717) is 11.3 Å². The van der Waals surface area contributed by atoms with Gasteiger partial charge in [0.05, 0.1) is 18.4 Å². The normalized spacial score (nSPS) is 10.6. The van der Waals surface area contributed by atoms with E-state index in [1.165, 1.54) is 18.1 Å². The number of amidine groups is 2. The first-order valence-corrected chi connectivity index (χ1v) is 8.07. The van der Waals surface area contributed by atoms with E-state index >= 15 is 0 Å². The van der Waals surface area contributed by atoms with Crippen LogP contribution in [0.25, 0.3) is 0 Å². The van der Waals surface area contributed by atoms with Crippen LogP contribution in [0.3, 0.4) is 0 Å². The molecule has 6 nitrogen and oxygen atoms in total. The van der Waals surface area contributed by atoms with Crippen LogP contribution in [0.5, 0.6) is 11.5 Å². The van der Waals surface area contributed by atoms with E-state index in [1.54, 1.807) is 30.3 Å². The predicted octanol–water partition coefficient (Wildman–Crippen LogP) is 3.92. The molecule has 0 saturated heterocycles. The molecule has 2 aromatic rings. The first-order valence-electron chi connectivity index (χ1n) is 7.62. The quantitative estimate of drug-likeness (QED) is 0.326. The second-order valence-electron chi connectivity index (χ2n) is 5.79. The van der Waals surface area contributed by atoms with Crippen LogP contribution in [-0.2, 0) is 4.74 Å². The molecule has 0 amide bonds. The van der Waals surface area contributed by atoms with Gasteiger partial charge in [-0.25, -0.2) is 4.90 Å². The smallest absolute Gasteiger partial charge is 0.294 e. The fourth-order valence-corrected chi connectivity index (χ4v) is 2.56. The number of hydrogen-bond donors (Lipinski definition) is 5. The van der Waals surface area contributed by atoms with Crippen LogP contribution in [0, 0.1) is 10.8 Å². The standard InChI is InChI=1S/C18H21N3O3S/c1-10(2)13-8-14(16(23)9-15(13)22)17(19)21(18(20)24-3)11-4-6-12(25)7-5-11/h4-10,19-20,22-23,25H,1-3H3. The van der Waals surface area contributed by atoms with Crippen molar-refractivity contribution in [2.24, 2.45) is 0 Å². The van der Waals surface area contributed by atoms with Gasteiger partial charge in [0.2, 0.25) is 0 Å². The van der Waals surface area contributed by atoms with Crippen molar-refractivity contribution in [1.29, 1.82) is 10.8 Å². The Bertz CT molecular complexity index is 804. The van der Waals surface area contributed by atoms with Gasteiger partial charge in [0.25, 0.3) is 6.02 Å². The van der Waals surface area contributed by atoms with Crippen LogP contribution in [0.2, 0.25) is 0 Å². The average Bonchev–Trinajstić information content (AvgIpc) is 2.56. The highest BCUT2D eigenvalue weighted by Crippen LogP contribution is 2.33. The number of phenols is 2. The van der Waals surface area contributed by atoms with Crippen molar-refractivity contribution in [2.45, 2.75) is 24.7 Å². The molecule has 0 saturated carbocycles. The van der Waals surface area contributed by atoms with Gasteiger partial charge >= 0.3 is 0 Å². The molecule has 132 valence electrons. The second-order valence-corrected chi connectivity index (χ2v) is 6.31. The molecule has 0 atom stereocenters. The molecule has 7 heteroatoms. The summed E-state index contributed by atoms with van der Waals surface area (Å²) in [6.45, 7) is 3.81. The summed E-state index contributed by atoms with van der Waals surface area (Å²) in [6.07, 6.45) is 0. The summed E-state index contributed by atoms with van der Waals surface area (Å²) in [5.74, 6) is -0.410. The number of benzene rings is 2. The first-order chi connectivity index (χ1) is 11.8. The lowest BCUT2D eigenvalue weighted by atomic mass is 9.98. The van der Waals surface area contributed by atoms with E-state index in [2.05, 4.69) is 12.6 Å². The molecule has 0 aliphatic rings. The third-order valence-electron chi connectivity index (χ3n) is 3.75. The number of methoxy groups -OCH3 is 1. The van der Waals surface area contributed by atoms with Crippen LogP contribution in [-0.4, -0.2) is 29.2 Å². The molecular weight excluding hydrogens is 338 g/mol. The Morgan fingerprint density at radius 1 is 1.08 bits per heavy atom. The molecule has 0 radical (unpaired) electrons. The number of anilines is 1. The van der Waals surface area contributed by atoms with Crippen LogP contribution < -0.4 is 4.90 Å². The van der Waals surface area contributed by atoms with Crippen molar-refractivity contribution in [1.82, 2.24) is 0 Å². The summed E-state index contributed by atoms with van der Waals surface area (Å²) in [4.78, 5) is 2.00. The van der Waals surface area contributed by atoms with Gasteiger partial charge in [0.15, 0.2) is 0 Å². The Morgan fingerprint density at radius 2 is 1.68 bits per heavy atom. The van der Waals surface area contributed by atoms with Gasteiger partial charge in [-0.3, -0.25) is 10.8 Å². The van der Waals surface area contributed by atoms with Gasteiger partial charge < -0.3 is 14.9 Å². The highest BCUT2D eigenvalue weighted by Gasteiger charge is 2.24. The molecule has 0 bridgehead atoms. The molecule has 0 aliphatic carbocycles. The van der Waals surface area contributed by atoms with Crippen molar-refractivity contribution in [3.63, 3.8) is 0 Å². The van der Waals surface area contributed by atoms with E-state index in [9.17, 15) is 10.2 Å². The fourth-order valence-electron chi connectivity index (χ4n) is 2.41. The molecule has 0 heterocycles. The number of hydrogen-bond acceptors (Lipinski definition) is 6. The average molecular weight is 359 g/mol. The zero-order valence-electron chi connectivity index (χ0n) is 14.2. The Balaban J connectivity index is 2.55. The highest BCUT2D eigenvalue weighted by molar-refractivity contribution is 7.80. The summed E-state index contributed by atoms with van der Waals surface area (Å²) in [5, 5.41) is 36.7. The Labute approximate surface area is 152 Å². The van der Waals surface area contributed by atoms with Crippen molar-refractivity contribution in [3.8, 4) is 11.5 Å². The lowest BCUT2D eigenvalue weighted by molar-refractivity contribution is 0.392. The Hall–Kier alpha value is -2.67. The maximum atomic E-state index is 10.2. The summed E-state index contributed by atoms with van der Waals surface area (Å²) in [5.41, 5.74) is 1.32. The van der Waals surface area contributed by atoms with Crippen molar-refractivity contribution >= 4 is 30.2 Å².